The molecule has 1 aliphatic rings. The van der Waals surface area contributed by atoms with E-state index in [9.17, 15) is 19.2 Å². The van der Waals surface area contributed by atoms with Gasteiger partial charge in [-0.3, -0.25) is 9.69 Å². The van der Waals surface area contributed by atoms with Crippen molar-refractivity contribution in [2.24, 2.45) is 0 Å². The molecule has 1 aliphatic heterocycles. The number of nitrogens with zero attached hydrogens (tertiary/aromatic N) is 2. The summed E-state index contributed by atoms with van der Waals surface area (Å²) in [6, 6.07) is 12.9. The fourth-order valence-corrected chi connectivity index (χ4v) is 2.52. The minimum Gasteiger partial charge on any atom is -0.447 e. The standard InChI is InChI=1S/C18H14FN3O3/c19-15-4-2-1-3-14(15)16(11-20)21-17(23)12-5-7-13(8-6-12)22-9-10-25-18(22)24/h1-8,16H,9-10H2,(H,21,23)/t16-/m1/s1. The molecule has 1 fully saturated rings. The maximum Gasteiger partial charge on any atom is 0.414 e. The SMILES string of the molecule is N#C[C@@H](NC(=O)c1ccc(N2CCOC2=O)cc1)c1ccccc1F. The van der Waals surface area contributed by atoms with Crippen LogP contribution in [0, 0.1) is 17.1 Å². The van der Waals surface area contributed by atoms with E-state index in [2.05, 4.69) is 5.32 Å². The molecule has 1 heterocycles. The molecule has 2 amide bonds. The molecule has 1 N–H and O–H groups in total. The Kier molecular flexibility index (Phi) is 4.61. The van der Waals surface area contributed by atoms with Gasteiger partial charge in [0, 0.05) is 16.8 Å². The molecule has 1 atom stereocenters. The summed E-state index contributed by atoms with van der Waals surface area (Å²) in [6.45, 7) is 0.779. The van der Waals surface area contributed by atoms with Crippen molar-refractivity contribution in [2.75, 3.05) is 18.1 Å². The second-order valence-corrected chi connectivity index (χ2v) is 5.37. The third-order valence-electron chi connectivity index (χ3n) is 3.82. The first-order valence-electron chi connectivity index (χ1n) is 7.59. The molecule has 126 valence electrons. The molecule has 0 radical (unpaired) electrons. The molecule has 0 bridgehead atoms. The van der Waals surface area contributed by atoms with E-state index >= 15 is 0 Å². The molecule has 2 aromatic rings. The molecule has 3 rings (SSSR count). The average Bonchev–Trinajstić information content (AvgIpc) is 3.06. The van der Waals surface area contributed by atoms with Gasteiger partial charge < -0.3 is 10.1 Å². The number of rotatable bonds is 4. The second kappa shape index (κ2) is 7.01. The number of carbonyl (C=O) groups excluding carboxylic acids is 2. The van der Waals surface area contributed by atoms with Crippen LogP contribution in [0.15, 0.2) is 48.5 Å². The first-order valence-corrected chi connectivity index (χ1v) is 7.59. The Morgan fingerprint density at radius 1 is 1.24 bits per heavy atom. The van der Waals surface area contributed by atoms with Crippen LogP contribution < -0.4 is 10.2 Å². The minimum absolute atomic E-state index is 0.106. The Labute approximate surface area is 143 Å². The fraction of sp³-hybridized carbons (Fsp3) is 0.167. The summed E-state index contributed by atoms with van der Waals surface area (Å²) in [5.41, 5.74) is 1.02. The van der Waals surface area contributed by atoms with Crippen molar-refractivity contribution in [1.29, 1.82) is 5.26 Å². The number of hydrogen-bond donors (Lipinski definition) is 1. The lowest BCUT2D eigenvalue weighted by molar-refractivity contribution is 0.0944. The molecule has 25 heavy (non-hydrogen) atoms. The van der Waals surface area contributed by atoms with Crippen molar-refractivity contribution >= 4 is 17.7 Å². The minimum atomic E-state index is -1.10. The number of benzene rings is 2. The van der Waals surface area contributed by atoms with Crippen molar-refractivity contribution in [1.82, 2.24) is 5.32 Å². The lowest BCUT2D eigenvalue weighted by Crippen LogP contribution is -2.28. The predicted molar refractivity (Wildman–Crippen MR) is 87.4 cm³/mol. The summed E-state index contributed by atoms with van der Waals surface area (Å²) in [7, 11) is 0. The maximum absolute atomic E-state index is 13.8. The average molecular weight is 339 g/mol. The van der Waals surface area contributed by atoms with Gasteiger partial charge in [0.25, 0.3) is 5.91 Å². The molecule has 2 aromatic carbocycles. The first-order chi connectivity index (χ1) is 12.1. The predicted octanol–water partition coefficient (Wildman–Crippen LogP) is 2.78. The number of ether oxygens (including phenoxy) is 1. The van der Waals surface area contributed by atoms with Crippen molar-refractivity contribution < 1.29 is 18.7 Å². The highest BCUT2D eigenvalue weighted by Crippen LogP contribution is 2.20. The molecule has 7 heteroatoms. The molecule has 0 aromatic heterocycles. The number of anilines is 1. The third kappa shape index (κ3) is 3.43. The van der Waals surface area contributed by atoms with E-state index in [-0.39, 0.29) is 5.56 Å². The Morgan fingerprint density at radius 3 is 2.56 bits per heavy atom. The normalized spacial score (nSPS) is 14.6. The van der Waals surface area contributed by atoms with Gasteiger partial charge in [0.1, 0.15) is 18.5 Å². The lowest BCUT2D eigenvalue weighted by Gasteiger charge is -2.15. The van der Waals surface area contributed by atoms with Gasteiger partial charge in [-0.25, -0.2) is 9.18 Å². The Bertz CT molecular complexity index is 845. The van der Waals surface area contributed by atoms with E-state index in [1.165, 1.54) is 35.2 Å². The summed E-state index contributed by atoms with van der Waals surface area (Å²) < 4.78 is 18.7. The number of carbonyl (C=O) groups is 2. The lowest BCUT2D eigenvalue weighted by atomic mass is 10.1. The molecule has 0 spiro atoms. The van der Waals surface area contributed by atoms with Gasteiger partial charge >= 0.3 is 6.09 Å². The van der Waals surface area contributed by atoms with Gasteiger partial charge in [0.05, 0.1) is 12.6 Å². The highest BCUT2D eigenvalue weighted by atomic mass is 19.1. The highest BCUT2D eigenvalue weighted by Gasteiger charge is 2.24. The Morgan fingerprint density at radius 2 is 1.96 bits per heavy atom. The van der Waals surface area contributed by atoms with E-state index in [1.54, 1.807) is 18.2 Å². The van der Waals surface area contributed by atoms with Gasteiger partial charge in [-0.15, -0.1) is 0 Å². The van der Waals surface area contributed by atoms with Crippen LogP contribution >= 0.6 is 0 Å². The molecular weight excluding hydrogens is 325 g/mol. The zero-order valence-corrected chi connectivity index (χ0v) is 13.1. The molecular formula is C18H14FN3O3. The number of cyclic esters (lactones) is 1. The molecule has 0 unspecified atom stereocenters. The van der Waals surface area contributed by atoms with E-state index in [1.807, 2.05) is 6.07 Å². The van der Waals surface area contributed by atoms with E-state index in [0.29, 0.717) is 24.4 Å². The van der Waals surface area contributed by atoms with Crippen LogP contribution in [0.1, 0.15) is 22.0 Å². The monoisotopic (exact) mass is 339 g/mol. The van der Waals surface area contributed by atoms with Crippen molar-refractivity contribution in [2.45, 2.75) is 6.04 Å². The van der Waals surface area contributed by atoms with Gasteiger partial charge in [-0.05, 0) is 30.3 Å². The van der Waals surface area contributed by atoms with Crippen LogP contribution in [-0.2, 0) is 4.74 Å². The van der Waals surface area contributed by atoms with Crippen LogP contribution in [0.3, 0.4) is 0 Å². The van der Waals surface area contributed by atoms with Crippen LogP contribution in [0.5, 0.6) is 0 Å². The summed E-state index contributed by atoms with van der Waals surface area (Å²) in [6.07, 6.45) is -0.429. The van der Waals surface area contributed by atoms with Crippen molar-refractivity contribution in [3.8, 4) is 6.07 Å². The first kappa shape index (κ1) is 16.5. The quantitative estimate of drug-likeness (QED) is 0.928. The van der Waals surface area contributed by atoms with Gasteiger partial charge in [0.15, 0.2) is 0 Å². The van der Waals surface area contributed by atoms with Crippen LogP contribution in [0.2, 0.25) is 0 Å². The summed E-state index contributed by atoms with van der Waals surface area (Å²) in [5.74, 6) is -1.07. The van der Waals surface area contributed by atoms with Crippen molar-refractivity contribution in [3.05, 3.63) is 65.5 Å². The largest absolute Gasteiger partial charge is 0.447 e. The Hall–Kier alpha value is -3.40. The molecule has 0 saturated carbocycles. The van der Waals surface area contributed by atoms with E-state index < -0.39 is 23.9 Å². The number of nitrogens with one attached hydrogen (secondary N) is 1. The van der Waals surface area contributed by atoms with Crippen LogP contribution in [0.4, 0.5) is 14.9 Å². The zero-order valence-electron chi connectivity index (χ0n) is 13.1. The fourth-order valence-electron chi connectivity index (χ4n) is 2.52. The number of amides is 2. The second-order valence-electron chi connectivity index (χ2n) is 5.37. The Balaban J connectivity index is 1.73. The van der Waals surface area contributed by atoms with Gasteiger partial charge in [0.2, 0.25) is 0 Å². The highest BCUT2D eigenvalue weighted by molar-refractivity contribution is 5.96. The number of nitriles is 1. The maximum atomic E-state index is 13.8. The topological polar surface area (TPSA) is 82.4 Å². The van der Waals surface area contributed by atoms with Crippen LogP contribution in [0.25, 0.3) is 0 Å². The number of halogens is 1. The number of hydrogen-bond acceptors (Lipinski definition) is 4. The van der Waals surface area contributed by atoms with E-state index in [4.69, 9.17) is 4.74 Å². The summed E-state index contributed by atoms with van der Waals surface area (Å²) in [4.78, 5) is 25.3. The van der Waals surface area contributed by atoms with Crippen molar-refractivity contribution in [3.63, 3.8) is 0 Å². The molecule has 1 saturated heterocycles. The van der Waals surface area contributed by atoms with E-state index in [0.717, 1.165) is 0 Å². The van der Waals surface area contributed by atoms with Crippen LogP contribution in [-0.4, -0.2) is 25.2 Å². The van der Waals surface area contributed by atoms with Gasteiger partial charge in [-0.1, -0.05) is 18.2 Å². The third-order valence-corrected chi connectivity index (χ3v) is 3.82. The molecule has 6 nitrogen and oxygen atoms in total. The van der Waals surface area contributed by atoms with Gasteiger partial charge in [-0.2, -0.15) is 5.26 Å². The zero-order chi connectivity index (χ0) is 17.8. The molecule has 0 aliphatic carbocycles. The summed E-state index contributed by atoms with van der Waals surface area (Å²) in [5, 5.41) is 11.7. The smallest absolute Gasteiger partial charge is 0.414 e. The summed E-state index contributed by atoms with van der Waals surface area (Å²) >= 11 is 0.